The summed E-state index contributed by atoms with van der Waals surface area (Å²) < 4.78 is 26.5. The van der Waals surface area contributed by atoms with Crippen LogP contribution < -0.4 is 20.1 Å². The summed E-state index contributed by atoms with van der Waals surface area (Å²) in [6.45, 7) is 9.34. The highest BCUT2D eigenvalue weighted by Crippen LogP contribution is 2.49. The maximum atomic E-state index is 15.0. The summed E-state index contributed by atoms with van der Waals surface area (Å²) >= 11 is 0. The number of methoxy groups -OCH3 is 1. The minimum Gasteiger partial charge on any atom is -0.496 e. The molecular weight excluding hydrogens is 487 g/mol. The molecule has 1 aromatic rings. The van der Waals surface area contributed by atoms with Crippen LogP contribution in [0.2, 0.25) is 0 Å². The van der Waals surface area contributed by atoms with Gasteiger partial charge in [0.25, 0.3) is 0 Å². The lowest BCUT2D eigenvalue weighted by atomic mass is 9.71. The molecule has 3 aliphatic carbocycles. The number of hydrogen-bond acceptors (Lipinski definition) is 5. The van der Waals surface area contributed by atoms with E-state index < -0.39 is 17.2 Å². The van der Waals surface area contributed by atoms with Crippen molar-refractivity contribution in [2.75, 3.05) is 13.7 Å². The molecule has 0 aliphatic heterocycles. The normalized spacial score (nSPS) is 30.7. The second-order valence-corrected chi connectivity index (χ2v) is 12.9. The molecule has 8 heteroatoms. The van der Waals surface area contributed by atoms with Crippen LogP contribution in [0.4, 0.5) is 4.39 Å². The molecule has 3 fully saturated rings. The molecule has 0 unspecified atom stereocenters. The van der Waals surface area contributed by atoms with E-state index in [1.165, 1.54) is 13.2 Å². The fourth-order valence-corrected chi connectivity index (χ4v) is 6.82. The van der Waals surface area contributed by atoms with Gasteiger partial charge in [0.15, 0.2) is 11.6 Å². The van der Waals surface area contributed by atoms with Gasteiger partial charge in [-0.15, -0.1) is 0 Å². The molecule has 0 aromatic heterocycles. The number of benzene rings is 1. The van der Waals surface area contributed by atoms with Crippen molar-refractivity contribution >= 4 is 11.9 Å². The SMILES string of the molecule is CC[C@]1(C(=O)O)CC[C@@H](Oc2cc(CN[C@@H]3[C@H]4CC[C@H](C4)[C@@H]3C(=O)NCC(C)(C)C)c(OC)cc2F)CC1. The van der Waals surface area contributed by atoms with E-state index in [1.54, 1.807) is 6.07 Å². The van der Waals surface area contributed by atoms with Gasteiger partial charge in [0.2, 0.25) is 5.91 Å². The molecule has 2 bridgehead atoms. The summed E-state index contributed by atoms with van der Waals surface area (Å²) in [5.74, 6) is 0.291. The van der Waals surface area contributed by atoms with Crippen LogP contribution in [0.25, 0.3) is 0 Å². The average molecular weight is 533 g/mol. The lowest BCUT2D eigenvalue weighted by Crippen LogP contribution is -2.49. The van der Waals surface area contributed by atoms with Gasteiger partial charge in [-0.3, -0.25) is 9.59 Å². The molecule has 0 radical (unpaired) electrons. The van der Waals surface area contributed by atoms with E-state index in [2.05, 4.69) is 31.4 Å². The van der Waals surface area contributed by atoms with E-state index in [0.717, 1.165) is 24.8 Å². The van der Waals surface area contributed by atoms with Crippen molar-refractivity contribution in [1.82, 2.24) is 10.6 Å². The molecule has 3 N–H and O–H groups in total. The zero-order valence-corrected chi connectivity index (χ0v) is 23.6. The van der Waals surface area contributed by atoms with E-state index in [4.69, 9.17) is 9.47 Å². The predicted molar refractivity (Wildman–Crippen MR) is 144 cm³/mol. The van der Waals surface area contributed by atoms with Gasteiger partial charge in [-0.05, 0) is 74.7 Å². The number of carbonyl (C=O) groups is 2. The van der Waals surface area contributed by atoms with Gasteiger partial charge < -0.3 is 25.2 Å². The maximum absolute atomic E-state index is 15.0. The minimum atomic E-state index is -0.756. The van der Waals surface area contributed by atoms with Crippen LogP contribution in [0.3, 0.4) is 0 Å². The third kappa shape index (κ3) is 6.11. The Hall–Kier alpha value is -2.35. The standard InChI is InChI=1S/C30H45FN2O5/c1-6-30(28(35)36)11-9-21(10-12-30)38-24-14-20(23(37-5)15-22(24)31)16-32-26-19-8-7-18(13-19)25(26)27(34)33-17-29(2,3)4/h14-15,18-19,21,25-26,32H,6-13,16-17H2,1-5H3,(H,33,34)(H,35,36)/t18-,19+,21-,25+,26-,30+/m1/s1. The molecule has 7 nitrogen and oxygen atoms in total. The van der Waals surface area contributed by atoms with Gasteiger partial charge in [0.1, 0.15) is 5.75 Å². The van der Waals surface area contributed by atoms with Crippen molar-refractivity contribution in [3.8, 4) is 11.5 Å². The zero-order valence-electron chi connectivity index (χ0n) is 23.6. The molecule has 38 heavy (non-hydrogen) atoms. The minimum absolute atomic E-state index is 0.0259. The quantitative estimate of drug-likeness (QED) is 0.378. The van der Waals surface area contributed by atoms with Gasteiger partial charge in [0, 0.05) is 30.8 Å². The van der Waals surface area contributed by atoms with Gasteiger partial charge in [-0.1, -0.05) is 27.7 Å². The lowest BCUT2D eigenvalue weighted by molar-refractivity contribution is -0.152. The Kier molecular flexibility index (Phi) is 8.60. The van der Waals surface area contributed by atoms with Crippen LogP contribution in [0.15, 0.2) is 12.1 Å². The van der Waals surface area contributed by atoms with E-state index in [9.17, 15) is 19.1 Å². The summed E-state index contributed by atoms with van der Waals surface area (Å²) in [4.78, 5) is 24.9. The fourth-order valence-electron chi connectivity index (χ4n) is 6.82. The zero-order chi connectivity index (χ0) is 27.7. The first-order chi connectivity index (χ1) is 18.0. The van der Waals surface area contributed by atoms with Gasteiger partial charge >= 0.3 is 5.97 Å². The third-order valence-corrected chi connectivity index (χ3v) is 9.19. The Labute approximate surface area is 226 Å². The van der Waals surface area contributed by atoms with Crippen molar-refractivity contribution in [2.24, 2.45) is 28.6 Å². The number of nitrogens with one attached hydrogen (secondary N) is 2. The maximum Gasteiger partial charge on any atom is 0.309 e. The topological polar surface area (TPSA) is 96.9 Å². The van der Waals surface area contributed by atoms with Crippen LogP contribution in [0, 0.1) is 34.4 Å². The van der Waals surface area contributed by atoms with Crippen LogP contribution in [0.5, 0.6) is 11.5 Å². The summed E-state index contributed by atoms with van der Waals surface area (Å²) in [5, 5.41) is 16.5. The molecule has 0 spiro atoms. The van der Waals surface area contributed by atoms with E-state index in [0.29, 0.717) is 62.8 Å². The van der Waals surface area contributed by atoms with Gasteiger partial charge in [-0.2, -0.15) is 0 Å². The number of ether oxygens (including phenoxy) is 2. The van der Waals surface area contributed by atoms with Crippen molar-refractivity contribution in [3.63, 3.8) is 0 Å². The van der Waals surface area contributed by atoms with Crippen molar-refractivity contribution < 1.29 is 28.6 Å². The van der Waals surface area contributed by atoms with E-state index in [1.807, 2.05) is 6.92 Å². The molecule has 1 amide bonds. The first-order valence-electron chi connectivity index (χ1n) is 14.2. The number of carboxylic acids is 1. The van der Waals surface area contributed by atoms with Gasteiger partial charge in [0.05, 0.1) is 24.5 Å². The second-order valence-electron chi connectivity index (χ2n) is 12.9. The van der Waals surface area contributed by atoms with E-state index >= 15 is 0 Å². The molecule has 212 valence electrons. The van der Waals surface area contributed by atoms with Crippen LogP contribution in [0.1, 0.15) is 84.6 Å². The Bertz CT molecular complexity index is 1010. The summed E-state index contributed by atoms with van der Waals surface area (Å²) in [6, 6.07) is 3.13. The largest absolute Gasteiger partial charge is 0.496 e. The first-order valence-corrected chi connectivity index (χ1v) is 14.2. The Morgan fingerprint density at radius 2 is 1.79 bits per heavy atom. The Balaban J connectivity index is 1.43. The number of rotatable bonds is 10. The lowest BCUT2D eigenvalue weighted by Gasteiger charge is -2.36. The number of carboxylic acid groups (broad SMARTS) is 1. The van der Waals surface area contributed by atoms with Crippen molar-refractivity contribution in [3.05, 3.63) is 23.5 Å². The predicted octanol–water partition coefficient (Wildman–Crippen LogP) is 5.30. The molecule has 4 atom stereocenters. The summed E-state index contributed by atoms with van der Waals surface area (Å²) in [6.07, 6.45) is 5.85. The molecule has 3 aliphatic rings. The second kappa shape index (κ2) is 11.4. The number of fused-ring (bicyclic) bond motifs is 2. The average Bonchev–Trinajstić information content (AvgIpc) is 3.49. The fraction of sp³-hybridized carbons (Fsp3) is 0.733. The monoisotopic (exact) mass is 532 g/mol. The van der Waals surface area contributed by atoms with E-state index in [-0.39, 0.29) is 35.1 Å². The smallest absolute Gasteiger partial charge is 0.309 e. The molecule has 0 saturated heterocycles. The third-order valence-electron chi connectivity index (χ3n) is 9.19. The van der Waals surface area contributed by atoms with Crippen LogP contribution in [-0.2, 0) is 16.1 Å². The number of aliphatic carboxylic acids is 1. The molecule has 0 heterocycles. The number of hydrogen-bond donors (Lipinski definition) is 3. The van der Waals surface area contributed by atoms with Crippen molar-refractivity contribution in [1.29, 1.82) is 0 Å². The Morgan fingerprint density at radius 1 is 1.11 bits per heavy atom. The first kappa shape index (κ1) is 28.7. The highest BCUT2D eigenvalue weighted by Gasteiger charge is 2.50. The molecule has 1 aromatic carbocycles. The molecule has 3 saturated carbocycles. The number of carbonyl (C=O) groups excluding carboxylic acids is 1. The summed E-state index contributed by atoms with van der Waals surface area (Å²) in [7, 11) is 1.52. The highest BCUT2D eigenvalue weighted by molar-refractivity contribution is 5.80. The van der Waals surface area contributed by atoms with Crippen LogP contribution >= 0.6 is 0 Å². The Morgan fingerprint density at radius 3 is 2.39 bits per heavy atom. The highest BCUT2D eigenvalue weighted by atomic mass is 19.1. The molecular formula is C30H45FN2O5. The number of halogens is 1. The molecule has 4 rings (SSSR count). The van der Waals surface area contributed by atoms with Gasteiger partial charge in [-0.25, -0.2) is 4.39 Å². The number of amides is 1. The van der Waals surface area contributed by atoms with Crippen molar-refractivity contribution in [2.45, 2.75) is 97.8 Å². The van der Waals surface area contributed by atoms with Crippen LogP contribution in [-0.4, -0.2) is 42.8 Å². The summed E-state index contributed by atoms with van der Waals surface area (Å²) in [5.41, 5.74) is 0.103.